The predicted octanol–water partition coefficient (Wildman–Crippen LogP) is 5.04. The number of hydrogen-bond acceptors (Lipinski definition) is 5. The molecule has 2 heterocycles. The molecule has 0 radical (unpaired) electrons. The van der Waals surface area contributed by atoms with Gasteiger partial charge in [-0.25, -0.2) is 17.2 Å². The number of halogens is 2. The molecule has 0 unspecified atom stereocenters. The van der Waals surface area contributed by atoms with E-state index in [1.807, 2.05) is 0 Å². The third-order valence-electron chi connectivity index (χ3n) is 7.00. The first-order chi connectivity index (χ1) is 19.1. The fourth-order valence-corrected chi connectivity index (χ4v) is 5.53. The van der Waals surface area contributed by atoms with Gasteiger partial charge in [0.1, 0.15) is 17.1 Å². The average Bonchev–Trinajstić information content (AvgIpc) is 3.61. The fraction of sp³-hybridized carbons (Fsp3) is 0.286. The number of amides is 1. The molecule has 1 aliphatic carbocycles. The molecule has 0 bridgehead atoms. The highest BCUT2D eigenvalue weighted by Crippen LogP contribution is 2.41. The van der Waals surface area contributed by atoms with E-state index >= 15 is 0 Å². The van der Waals surface area contributed by atoms with E-state index in [1.54, 1.807) is 19.3 Å². The molecular weight excluding hydrogens is 542 g/mol. The molecule has 1 aliphatic rings. The van der Waals surface area contributed by atoms with Crippen LogP contribution in [-0.2, 0) is 17.1 Å². The topological polar surface area (TPSA) is 122 Å². The summed E-state index contributed by atoms with van der Waals surface area (Å²) in [6.07, 6.45) is 6.66. The molecule has 0 atom stereocenters. The number of benzene rings is 2. The van der Waals surface area contributed by atoms with Gasteiger partial charge in [-0.2, -0.15) is 0 Å². The lowest BCUT2D eigenvalue weighted by Gasteiger charge is -2.20. The lowest BCUT2D eigenvalue weighted by Crippen LogP contribution is -2.33. The summed E-state index contributed by atoms with van der Waals surface area (Å²) in [6, 6.07) is 7.19. The van der Waals surface area contributed by atoms with Gasteiger partial charge in [0, 0.05) is 48.1 Å². The van der Waals surface area contributed by atoms with Crippen molar-refractivity contribution >= 4 is 32.5 Å². The molecule has 2 aromatic heterocycles. The largest absolute Gasteiger partial charge is 0.454 e. The number of ether oxygens (including phenoxy) is 1. The van der Waals surface area contributed by atoms with Crippen LogP contribution in [0.2, 0.25) is 0 Å². The molecule has 4 aromatic rings. The predicted molar refractivity (Wildman–Crippen MR) is 148 cm³/mol. The normalized spacial score (nSPS) is 14.0. The van der Waals surface area contributed by atoms with Gasteiger partial charge in [-0.05, 0) is 50.1 Å². The third kappa shape index (κ3) is 5.44. The van der Waals surface area contributed by atoms with E-state index < -0.39 is 27.6 Å². The second-order valence-corrected chi connectivity index (χ2v) is 11.8. The molecule has 12 heteroatoms. The van der Waals surface area contributed by atoms with Gasteiger partial charge in [0.25, 0.3) is 11.5 Å². The van der Waals surface area contributed by atoms with Crippen molar-refractivity contribution < 1.29 is 26.7 Å². The van der Waals surface area contributed by atoms with Crippen LogP contribution < -0.4 is 20.3 Å². The number of nitrogens with zero attached hydrogens (tertiary/aromatic N) is 1. The van der Waals surface area contributed by atoms with E-state index in [9.17, 15) is 26.8 Å². The number of hydrogen-bond donors (Lipinski definition) is 3. The van der Waals surface area contributed by atoms with Crippen LogP contribution in [0.1, 0.15) is 43.0 Å². The van der Waals surface area contributed by atoms with Gasteiger partial charge < -0.3 is 19.6 Å². The third-order valence-corrected chi connectivity index (χ3v) is 8.29. The van der Waals surface area contributed by atoms with Crippen molar-refractivity contribution in [1.29, 1.82) is 0 Å². The Morgan fingerprint density at radius 2 is 1.85 bits per heavy atom. The van der Waals surface area contributed by atoms with E-state index in [4.69, 9.17) is 4.74 Å². The SMILES string of the molecule is CCS(=O)(=O)Nc1cc(-c2cn(C)c(=O)c3[nH]ccc23)c(Oc2ccc(F)cc2F)cc1C(=O)NC1CCCC1. The van der Waals surface area contributed by atoms with Crippen LogP contribution in [0.3, 0.4) is 0 Å². The number of fused-ring (bicyclic) bond motifs is 1. The minimum atomic E-state index is -3.82. The maximum atomic E-state index is 14.7. The molecular formula is C28H28F2N4O5S. The Hall–Kier alpha value is -4.19. The molecule has 0 saturated heterocycles. The Morgan fingerprint density at radius 3 is 2.55 bits per heavy atom. The standard InChI is InChI=1S/C28H28F2N4O5S/c1-3-40(37,38)33-23-13-19(21-15-34(2)28(36)26-18(21)10-11-31-26)25(39-24-9-8-16(29)12-22(24)30)14-20(23)27(35)32-17-6-4-5-7-17/h8-15,17,31,33H,3-7H2,1-2H3,(H,32,35). The number of aryl methyl sites for hydroxylation is 1. The lowest BCUT2D eigenvalue weighted by molar-refractivity contribution is 0.0938. The summed E-state index contributed by atoms with van der Waals surface area (Å²) in [5, 5.41) is 3.45. The van der Waals surface area contributed by atoms with Crippen LogP contribution >= 0.6 is 0 Å². The fourth-order valence-electron chi connectivity index (χ4n) is 4.88. The van der Waals surface area contributed by atoms with Crippen molar-refractivity contribution in [2.75, 3.05) is 10.5 Å². The van der Waals surface area contributed by atoms with Crippen molar-refractivity contribution in [1.82, 2.24) is 14.9 Å². The summed E-state index contributed by atoms with van der Waals surface area (Å²) in [7, 11) is -2.27. The van der Waals surface area contributed by atoms with E-state index in [0.29, 0.717) is 17.0 Å². The van der Waals surface area contributed by atoms with Crippen molar-refractivity contribution in [3.05, 3.63) is 76.3 Å². The average molecular weight is 571 g/mol. The summed E-state index contributed by atoms with van der Waals surface area (Å²) in [5.41, 5.74) is 0.691. The quantitative estimate of drug-likeness (QED) is 0.274. The second kappa shape index (κ2) is 10.8. The monoisotopic (exact) mass is 570 g/mol. The van der Waals surface area contributed by atoms with Crippen molar-refractivity contribution in [3.8, 4) is 22.6 Å². The number of nitrogens with one attached hydrogen (secondary N) is 3. The smallest absolute Gasteiger partial charge is 0.274 e. The first-order valence-corrected chi connectivity index (χ1v) is 14.5. The maximum Gasteiger partial charge on any atom is 0.274 e. The minimum Gasteiger partial charge on any atom is -0.454 e. The van der Waals surface area contributed by atoms with Gasteiger partial charge in [0.15, 0.2) is 11.6 Å². The molecule has 3 N–H and O–H groups in total. The number of carbonyl (C=O) groups is 1. The van der Waals surface area contributed by atoms with Crippen LogP contribution in [0.4, 0.5) is 14.5 Å². The summed E-state index contributed by atoms with van der Waals surface area (Å²) in [4.78, 5) is 29.1. The highest BCUT2D eigenvalue weighted by atomic mass is 32.2. The molecule has 0 aliphatic heterocycles. The van der Waals surface area contributed by atoms with E-state index in [-0.39, 0.29) is 51.2 Å². The van der Waals surface area contributed by atoms with Crippen molar-refractivity contribution in [2.45, 2.75) is 38.6 Å². The molecule has 0 spiro atoms. The first kappa shape index (κ1) is 27.4. The van der Waals surface area contributed by atoms with Gasteiger partial charge in [-0.3, -0.25) is 14.3 Å². The van der Waals surface area contributed by atoms with E-state index in [1.165, 1.54) is 29.8 Å². The number of H-pyrrole nitrogens is 1. The number of aromatic amines is 1. The highest BCUT2D eigenvalue weighted by Gasteiger charge is 2.25. The van der Waals surface area contributed by atoms with Crippen LogP contribution in [0.15, 0.2) is 53.6 Å². The Morgan fingerprint density at radius 1 is 1.10 bits per heavy atom. The van der Waals surface area contributed by atoms with Gasteiger partial charge >= 0.3 is 0 Å². The van der Waals surface area contributed by atoms with Gasteiger partial charge in [-0.15, -0.1) is 0 Å². The van der Waals surface area contributed by atoms with Crippen LogP contribution in [0, 0.1) is 11.6 Å². The Balaban J connectivity index is 1.75. The molecule has 1 saturated carbocycles. The maximum absolute atomic E-state index is 14.7. The lowest BCUT2D eigenvalue weighted by atomic mass is 9.99. The second-order valence-electron chi connectivity index (χ2n) is 9.76. The number of pyridine rings is 1. The Kier molecular flexibility index (Phi) is 7.37. The van der Waals surface area contributed by atoms with Crippen LogP contribution in [0.5, 0.6) is 11.5 Å². The van der Waals surface area contributed by atoms with Crippen molar-refractivity contribution in [2.24, 2.45) is 7.05 Å². The molecule has 2 aromatic carbocycles. The van der Waals surface area contributed by atoms with Gasteiger partial charge in [0.05, 0.1) is 17.0 Å². The summed E-state index contributed by atoms with van der Waals surface area (Å²) in [5.74, 6) is -2.83. The zero-order valence-corrected chi connectivity index (χ0v) is 22.7. The van der Waals surface area contributed by atoms with Gasteiger partial charge in [-0.1, -0.05) is 12.8 Å². The molecule has 1 fully saturated rings. The number of rotatable bonds is 8. The summed E-state index contributed by atoms with van der Waals surface area (Å²) >= 11 is 0. The highest BCUT2D eigenvalue weighted by molar-refractivity contribution is 7.92. The summed E-state index contributed by atoms with van der Waals surface area (Å²) in [6.45, 7) is 1.46. The molecule has 210 valence electrons. The van der Waals surface area contributed by atoms with Crippen LogP contribution in [0.25, 0.3) is 22.0 Å². The number of carbonyl (C=O) groups excluding carboxylic acids is 1. The number of aromatic nitrogens is 2. The molecule has 5 rings (SSSR count). The van der Waals surface area contributed by atoms with E-state index in [0.717, 1.165) is 37.8 Å². The minimum absolute atomic E-state index is 0.00248. The first-order valence-electron chi connectivity index (χ1n) is 12.9. The zero-order chi connectivity index (χ0) is 28.6. The van der Waals surface area contributed by atoms with Crippen molar-refractivity contribution in [3.63, 3.8) is 0 Å². The number of sulfonamides is 1. The Bertz CT molecular complexity index is 1780. The molecule has 9 nitrogen and oxygen atoms in total. The summed E-state index contributed by atoms with van der Waals surface area (Å²) < 4.78 is 63.3. The molecule has 40 heavy (non-hydrogen) atoms. The number of anilines is 1. The zero-order valence-electron chi connectivity index (χ0n) is 21.9. The van der Waals surface area contributed by atoms with Gasteiger partial charge in [0.2, 0.25) is 10.0 Å². The molecule has 1 amide bonds. The van der Waals surface area contributed by atoms with E-state index in [2.05, 4.69) is 15.0 Å². The Labute approximate surface area is 229 Å². The van der Waals surface area contributed by atoms with Crippen LogP contribution in [-0.4, -0.2) is 35.7 Å².